The third-order valence-corrected chi connectivity index (χ3v) is 2.68. The van der Waals surface area contributed by atoms with E-state index in [0.29, 0.717) is 0 Å². The molecule has 0 rings (SSSR count). The molecule has 0 radical (unpaired) electrons. The van der Waals surface area contributed by atoms with Gasteiger partial charge >= 0.3 is 0 Å². The van der Waals surface area contributed by atoms with Crippen molar-refractivity contribution in [3.63, 3.8) is 0 Å². The van der Waals surface area contributed by atoms with Crippen molar-refractivity contribution in [3.8, 4) is 0 Å². The van der Waals surface area contributed by atoms with Gasteiger partial charge < -0.3 is 0 Å². The van der Waals surface area contributed by atoms with E-state index in [1.54, 1.807) is 0 Å². The van der Waals surface area contributed by atoms with E-state index in [1.807, 2.05) is 18.8 Å². The van der Waals surface area contributed by atoms with Crippen LogP contribution in [0.3, 0.4) is 0 Å². The topological polar surface area (TPSA) is 31.0 Å². The molecule has 0 aliphatic rings. The van der Waals surface area contributed by atoms with Gasteiger partial charge in [0.1, 0.15) is 0 Å². The summed E-state index contributed by atoms with van der Waals surface area (Å²) in [4.78, 5) is 11.9. The van der Waals surface area contributed by atoms with Crippen LogP contribution in [0.25, 0.3) is 0 Å². The quantitative estimate of drug-likeness (QED) is 0.532. The highest BCUT2D eigenvalue weighted by molar-refractivity contribution is 7.50. The minimum atomic E-state index is -0.360. The molecule has 0 aromatic rings. The third-order valence-electron chi connectivity index (χ3n) is 0.893. The Labute approximate surface area is 45.1 Å². The first-order valence-electron chi connectivity index (χ1n) is 2.47. The van der Waals surface area contributed by atoms with Crippen LogP contribution in [-0.4, -0.2) is 12.3 Å². The van der Waals surface area contributed by atoms with E-state index in [0.717, 1.165) is 12.3 Å². The van der Waals surface area contributed by atoms with Gasteiger partial charge in [0.2, 0.25) is 8.07 Å². The normalized spacial score (nSPS) is 9.57. The molecule has 3 heteroatoms. The summed E-state index contributed by atoms with van der Waals surface area (Å²) in [5.74, 6) is 0. The average Bonchev–Trinajstić information content (AvgIpc) is 1.72. The lowest BCUT2D eigenvalue weighted by Gasteiger charge is -1.87. The fraction of sp³-hybridized carbons (Fsp3) is 1.00. The van der Waals surface area contributed by atoms with Crippen LogP contribution in [-0.2, 0) is 0 Å². The van der Waals surface area contributed by atoms with Gasteiger partial charge in [-0.25, -0.2) is 0 Å². The van der Waals surface area contributed by atoms with Gasteiger partial charge in [-0.05, 0) is 4.95 Å². The summed E-state index contributed by atoms with van der Waals surface area (Å²) in [7, 11) is -0.360. The number of hydrogen-bond donors (Lipinski definition) is 1. The molecule has 0 atom stereocenters. The second kappa shape index (κ2) is 4.20. The van der Waals surface area contributed by atoms with E-state index in [-0.39, 0.29) is 8.07 Å². The highest BCUT2D eigenvalue weighted by Crippen LogP contribution is 2.18. The molecule has 0 amide bonds. The maximum Gasteiger partial charge on any atom is 0.231 e. The minimum Gasteiger partial charge on any atom is -0.0554 e. The van der Waals surface area contributed by atoms with Crippen LogP contribution in [0.15, 0.2) is 0 Å². The van der Waals surface area contributed by atoms with Crippen LogP contribution >= 0.6 is 8.07 Å². The maximum atomic E-state index is 9.87. The van der Waals surface area contributed by atoms with Crippen LogP contribution in [0, 0.1) is 4.91 Å². The molecular formula is C4H11NOP+. The van der Waals surface area contributed by atoms with Gasteiger partial charge in [-0.2, -0.15) is 0 Å². The van der Waals surface area contributed by atoms with E-state index < -0.39 is 0 Å². The van der Waals surface area contributed by atoms with Crippen LogP contribution in [0.1, 0.15) is 13.8 Å². The Morgan fingerprint density at radius 1 is 1.43 bits per heavy atom. The Hall–Kier alpha value is 0.0300. The first-order chi connectivity index (χ1) is 3.35. The summed E-state index contributed by atoms with van der Waals surface area (Å²) in [6, 6.07) is 0. The fourth-order valence-electron chi connectivity index (χ4n) is 0.353. The second-order valence-electron chi connectivity index (χ2n) is 1.26. The molecule has 0 aliphatic carbocycles. The summed E-state index contributed by atoms with van der Waals surface area (Å²) >= 11 is 0. The van der Waals surface area contributed by atoms with E-state index in [2.05, 4.69) is 0 Å². The van der Waals surface area contributed by atoms with Crippen LogP contribution in [0.5, 0.6) is 0 Å². The summed E-state index contributed by atoms with van der Waals surface area (Å²) < 4.78 is 0. The van der Waals surface area contributed by atoms with Gasteiger partial charge in [0.25, 0.3) is 0 Å². The zero-order chi connectivity index (χ0) is 5.70. The number of rotatable bonds is 3. The number of nitrogens with one attached hydrogen (secondary N) is 1. The first-order valence-corrected chi connectivity index (χ1v) is 4.19. The molecule has 0 bridgehead atoms. The predicted molar refractivity (Wildman–Crippen MR) is 32.3 cm³/mol. The van der Waals surface area contributed by atoms with Crippen molar-refractivity contribution >= 4 is 8.07 Å². The molecule has 0 saturated carbocycles. The van der Waals surface area contributed by atoms with E-state index in [1.165, 1.54) is 0 Å². The minimum absolute atomic E-state index is 0.360. The molecule has 0 aromatic carbocycles. The van der Waals surface area contributed by atoms with Crippen molar-refractivity contribution < 1.29 is 4.95 Å². The maximum absolute atomic E-state index is 9.87. The SMILES string of the molecule is CCP(CC)[NH+]=O. The van der Waals surface area contributed by atoms with Crippen molar-refractivity contribution in [1.82, 2.24) is 0 Å². The largest absolute Gasteiger partial charge is 0.231 e. The third kappa shape index (κ3) is 2.69. The molecule has 2 nitrogen and oxygen atoms in total. The highest BCUT2D eigenvalue weighted by Gasteiger charge is 2.06. The van der Waals surface area contributed by atoms with Gasteiger partial charge in [-0.1, -0.05) is 13.8 Å². The van der Waals surface area contributed by atoms with Gasteiger partial charge in [0.05, 0.1) is 0 Å². The van der Waals surface area contributed by atoms with Gasteiger partial charge in [0, 0.05) is 17.2 Å². The molecule has 0 unspecified atom stereocenters. The lowest BCUT2D eigenvalue weighted by Crippen LogP contribution is -2.56. The monoisotopic (exact) mass is 120 g/mol. The average molecular weight is 120 g/mol. The lowest BCUT2D eigenvalue weighted by molar-refractivity contribution is -0.291. The second-order valence-corrected chi connectivity index (χ2v) is 3.79. The highest BCUT2D eigenvalue weighted by atomic mass is 31.1. The van der Waals surface area contributed by atoms with Gasteiger partial charge in [-0.3, -0.25) is 0 Å². The van der Waals surface area contributed by atoms with Crippen molar-refractivity contribution in [3.05, 3.63) is 4.91 Å². The molecule has 0 aliphatic heterocycles. The molecule has 0 spiro atoms. The Bertz CT molecular complexity index is 53.7. The number of nitroso groups, excluding NO2 is 1. The van der Waals surface area contributed by atoms with Crippen molar-refractivity contribution in [1.29, 1.82) is 0 Å². The summed E-state index contributed by atoms with van der Waals surface area (Å²) in [5.41, 5.74) is 0. The van der Waals surface area contributed by atoms with E-state index in [4.69, 9.17) is 0 Å². The molecule has 0 heterocycles. The predicted octanol–water partition coefficient (Wildman–Crippen LogP) is 0.270. The molecule has 1 N–H and O–H groups in total. The Kier molecular flexibility index (Phi) is 4.21. The zero-order valence-electron chi connectivity index (χ0n) is 4.77. The Morgan fingerprint density at radius 3 is 1.86 bits per heavy atom. The molecule has 42 valence electrons. The van der Waals surface area contributed by atoms with E-state index in [9.17, 15) is 4.91 Å². The van der Waals surface area contributed by atoms with Crippen molar-refractivity contribution in [2.24, 2.45) is 0 Å². The number of hydrogen-bond acceptors (Lipinski definition) is 1. The zero-order valence-corrected chi connectivity index (χ0v) is 5.66. The molecule has 0 saturated heterocycles. The summed E-state index contributed by atoms with van der Waals surface area (Å²) in [6.07, 6.45) is 1.99. The van der Waals surface area contributed by atoms with Gasteiger partial charge in [0.15, 0.2) is 0 Å². The van der Waals surface area contributed by atoms with Crippen LogP contribution in [0.2, 0.25) is 0 Å². The smallest absolute Gasteiger partial charge is 0.0554 e. The molecular weight excluding hydrogens is 109 g/mol. The fourth-order valence-corrected chi connectivity index (χ4v) is 1.06. The molecule has 7 heavy (non-hydrogen) atoms. The Morgan fingerprint density at radius 2 is 1.86 bits per heavy atom. The van der Waals surface area contributed by atoms with E-state index >= 15 is 0 Å². The standard InChI is InChI=1S/C4H10NOP/c1-3-7(4-2)5-6/h3-4H2,1-2H3/p+1. The summed E-state index contributed by atoms with van der Waals surface area (Å²) in [5, 5.41) is 0. The van der Waals surface area contributed by atoms with Crippen LogP contribution < -0.4 is 4.95 Å². The first kappa shape index (κ1) is 7.03. The molecule has 0 fully saturated rings. The van der Waals surface area contributed by atoms with Crippen molar-refractivity contribution in [2.75, 3.05) is 12.3 Å². The molecule has 0 aromatic heterocycles. The van der Waals surface area contributed by atoms with Crippen molar-refractivity contribution in [2.45, 2.75) is 13.8 Å². The lowest BCUT2D eigenvalue weighted by atomic mass is 11.0. The summed E-state index contributed by atoms with van der Waals surface area (Å²) in [6.45, 7) is 4.06. The van der Waals surface area contributed by atoms with Gasteiger partial charge in [-0.15, -0.1) is 0 Å². The Balaban J connectivity index is 3.16. The van der Waals surface area contributed by atoms with Crippen LogP contribution in [0.4, 0.5) is 0 Å².